The van der Waals surface area contributed by atoms with Crippen molar-refractivity contribution in [1.82, 2.24) is 24.3 Å². The number of aryl methyl sites for hydroxylation is 3. The zero-order valence-corrected chi connectivity index (χ0v) is 19.7. The maximum absolute atomic E-state index is 13.7. The lowest BCUT2D eigenvalue weighted by atomic mass is 9.96. The van der Waals surface area contributed by atoms with Crippen LogP contribution in [0.3, 0.4) is 0 Å². The van der Waals surface area contributed by atoms with Crippen LogP contribution in [0, 0.1) is 20.8 Å². The fraction of sp³-hybridized carbons (Fsp3) is 0.308. The number of fused-ring (bicyclic) bond motifs is 3. The van der Waals surface area contributed by atoms with Gasteiger partial charge in [0, 0.05) is 23.2 Å². The first-order chi connectivity index (χ1) is 15.8. The van der Waals surface area contributed by atoms with Gasteiger partial charge in [0.05, 0.1) is 40.2 Å². The zero-order chi connectivity index (χ0) is 23.4. The molecule has 7 heteroatoms. The SMILES string of the molecule is Cc1cc2c(cc1-c1c(C)noc1C)ncc1c2n([C@H](C)c2ccccn2)c(=O)n1C(C)C. The highest BCUT2D eigenvalue weighted by atomic mass is 16.5. The molecular weight excluding hydrogens is 414 g/mol. The Bertz CT molecular complexity index is 1540. The number of imidazole rings is 1. The summed E-state index contributed by atoms with van der Waals surface area (Å²) in [5, 5.41) is 5.06. The Morgan fingerprint density at radius 1 is 1.00 bits per heavy atom. The quantitative estimate of drug-likeness (QED) is 0.367. The molecule has 4 aromatic heterocycles. The van der Waals surface area contributed by atoms with Crippen molar-refractivity contribution in [2.24, 2.45) is 0 Å². The molecule has 1 aromatic carbocycles. The van der Waals surface area contributed by atoms with E-state index in [-0.39, 0.29) is 17.8 Å². The molecule has 5 rings (SSSR count). The molecule has 0 unspecified atom stereocenters. The van der Waals surface area contributed by atoms with E-state index in [2.05, 4.69) is 29.2 Å². The Morgan fingerprint density at radius 3 is 2.42 bits per heavy atom. The minimum Gasteiger partial charge on any atom is -0.361 e. The molecule has 0 fully saturated rings. The van der Waals surface area contributed by atoms with Gasteiger partial charge in [0.25, 0.3) is 0 Å². The first kappa shape index (κ1) is 21.1. The van der Waals surface area contributed by atoms with Gasteiger partial charge in [0.15, 0.2) is 0 Å². The van der Waals surface area contributed by atoms with Crippen molar-refractivity contribution >= 4 is 21.9 Å². The average molecular weight is 442 g/mol. The Hall–Kier alpha value is -3.74. The van der Waals surface area contributed by atoms with Crippen molar-refractivity contribution in [2.45, 2.75) is 53.6 Å². The van der Waals surface area contributed by atoms with Crippen LogP contribution in [0.4, 0.5) is 0 Å². The largest absolute Gasteiger partial charge is 0.361 e. The topological polar surface area (TPSA) is 78.7 Å². The molecule has 1 atom stereocenters. The van der Waals surface area contributed by atoms with E-state index in [0.29, 0.717) is 0 Å². The monoisotopic (exact) mass is 441 g/mol. The van der Waals surface area contributed by atoms with Crippen molar-refractivity contribution in [2.75, 3.05) is 0 Å². The summed E-state index contributed by atoms with van der Waals surface area (Å²) in [7, 11) is 0. The Morgan fingerprint density at radius 2 is 1.79 bits per heavy atom. The van der Waals surface area contributed by atoms with E-state index < -0.39 is 0 Å². The predicted molar refractivity (Wildman–Crippen MR) is 130 cm³/mol. The summed E-state index contributed by atoms with van der Waals surface area (Å²) in [4.78, 5) is 23.0. The van der Waals surface area contributed by atoms with E-state index in [4.69, 9.17) is 9.51 Å². The van der Waals surface area contributed by atoms with Crippen LogP contribution in [-0.4, -0.2) is 24.3 Å². The third-order valence-corrected chi connectivity index (χ3v) is 6.40. The van der Waals surface area contributed by atoms with Gasteiger partial charge in [-0.3, -0.25) is 19.1 Å². The molecule has 7 nitrogen and oxygen atoms in total. The van der Waals surface area contributed by atoms with E-state index in [1.54, 1.807) is 6.20 Å². The highest BCUT2D eigenvalue weighted by Gasteiger charge is 2.24. The van der Waals surface area contributed by atoms with Crippen LogP contribution in [0.1, 0.15) is 55.6 Å². The molecule has 0 amide bonds. The Balaban J connectivity index is 1.87. The Labute approximate surface area is 191 Å². The minimum atomic E-state index is -0.227. The number of benzene rings is 1. The van der Waals surface area contributed by atoms with Gasteiger partial charge in [-0.15, -0.1) is 0 Å². The van der Waals surface area contributed by atoms with Crippen LogP contribution in [0.2, 0.25) is 0 Å². The van der Waals surface area contributed by atoms with Gasteiger partial charge in [-0.25, -0.2) is 4.79 Å². The zero-order valence-electron chi connectivity index (χ0n) is 19.7. The minimum absolute atomic E-state index is 0.000827. The number of rotatable bonds is 4. The standard InChI is InChI=1S/C26H27N5O2/c1-14(2)30-23-13-28-22-12-19(24-16(4)29-33-18(24)6)15(3)11-20(22)25(23)31(26(30)32)17(5)21-9-7-8-10-27-21/h7-14,17H,1-6H3/t17-/m1/s1. The molecule has 5 aromatic rings. The third kappa shape index (κ3) is 3.18. The molecule has 0 bridgehead atoms. The fourth-order valence-electron chi connectivity index (χ4n) is 4.82. The molecule has 168 valence electrons. The normalized spacial score (nSPS) is 12.8. The summed E-state index contributed by atoms with van der Waals surface area (Å²) >= 11 is 0. The van der Waals surface area contributed by atoms with Crippen molar-refractivity contribution in [3.05, 3.63) is 75.9 Å². The highest BCUT2D eigenvalue weighted by Crippen LogP contribution is 2.35. The predicted octanol–water partition coefficient (Wildman–Crippen LogP) is 5.52. The number of hydrogen-bond donors (Lipinski definition) is 0. The highest BCUT2D eigenvalue weighted by molar-refractivity contribution is 6.04. The number of hydrogen-bond acceptors (Lipinski definition) is 5. The van der Waals surface area contributed by atoms with Crippen molar-refractivity contribution in [1.29, 1.82) is 0 Å². The van der Waals surface area contributed by atoms with E-state index in [9.17, 15) is 4.79 Å². The van der Waals surface area contributed by atoms with Gasteiger partial charge < -0.3 is 4.52 Å². The van der Waals surface area contributed by atoms with E-state index >= 15 is 0 Å². The molecule has 0 N–H and O–H groups in total. The van der Waals surface area contributed by atoms with E-state index in [0.717, 1.165) is 55.8 Å². The van der Waals surface area contributed by atoms with Crippen LogP contribution >= 0.6 is 0 Å². The second-order valence-electron chi connectivity index (χ2n) is 8.92. The summed E-state index contributed by atoms with van der Waals surface area (Å²) in [5.41, 5.74) is 7.29. The van der Waals surface area contributed by atoms with Crippen molar-refractivity contribution in [3.63, 3.8) is 0 Å². The molecule has 33 heavy (non-hydrogen) atoms. The van der Waals surface area contributed by atoms with E-state index in [1.807, 2.05) is 68.1 Å². The molecule has 0 saturated heterocycles. The molecule has 4 heterocycles. The summed E-state index contributed by atoms with van der Waals surface area (Å²) in [6.07, 6.45) is 3.57. The maximum atomic E-state index is 13.7. The van der Waals surface area contributed by atoms with Crippen LogP contribution < -0.4 is 5.69 Å². The molecule has 0 radical (unpaired) electrons. The second-order valence-corrected chi connectivity index (χ2v) is 8.92. The summed E-state index contributed by atoms with van der Waals surface area (Å²) in [6.45, 7) is 12.0. The summed E-state index contributed by atoms with van der Waals surface area (Å²) in [6, 6.07) is 9.76. The van der Waals surface area contributed by atoms with Crippen molar-refractivity contribution < 1.29 is 4.52 Å². The van der Waals surface area contributed by atoms with Gasteiger partial charge >= 0.3 is 5.69 Å². The smallest absolute Gasteiger partial charge is 0.330 e. The fourth-order valence-corrected chi connectivity index (χ4v) is 4.82. The van der Waals surface area contributed by atoms with Gasteiger partial charge in [-0.2, -0.15) is 0 Å². The molecule has 0 aliphatic rings. The van der Waals surface area contributed by atoms with Crippen LogP contribution in [-0.2, 0) is 0 Å². The second kappa shape index (κ2) is 7.69. The molecule has 0 aliphatic heterocycles. The van der Waals surface area contributed by atoms with Gasteiger partial charge in [-0.05, 0) is 76.9 Å². The van der Waals surface area contributed by atoms with Gasteiger partial charge in [-0.1, -0.05) is 11.2 Å². The third-order valence-electron chi connectivity index (χ3n) is 6.40. The van der Waals surface area contributed by atoms with Crippen LogP contribution in [0.15, 0.2) is 52.0 Å². The lowest BCUT2D eigenvalue weighted by molar-refractivity contribution is 0.393. The Kier molecular flexibility index (Phi) is 4.92. The number of pyridine rings is 2. The number of nitrogens with zero attached hydrogens (tertiary/aromatic N) is 5. The first-order valence-corrected chi connectivity index (χ1v) is 11.2. The molecular formula is C26H27N5O2. The molecule has 0 aliphatic carbocycles. The van der Waals surface area contributed by atoms with E-state index in [1.165, 1.54) is 0 Å². The average Bonchev–Trinajstić information content (AvgIpc) is 3.29. The summed E-state index contributed by atoms with van der Waals surface area (Å²) in [5.74, 6) is 0.780. The van der Waals surface area contributed by atoms with Gasteiger partial charge in [0.2, 0.25) is 0 Å². The van der Waals surface area contributed by atoms with Gasteiger partial charge in [0.1, 0.15) is 5.76 Å². The summed E-state index contributed by atoms with van der Waals surface area (Å²) < 4.78 is 9.08. The first-order valence-electron chi connectivity index (χ1n) is 11.2. The molecule has 0 saturated carbocycles. The van der Waals surface area contributed by atoms with Crippen LogP contribution in [0.5, 0.6) is 0 Å². The van der Waals surface area contributed by atoms with Crippen LogP contribution in [0.25, 0.3) is 33.1 Å². The number of aromatic nitrogens is 5. The lowest BCUT2D eigenvalue weighted by Crippen LogP contribution is -2.28. The lowest BCUT2D eigenvalue weighted by Gasteiger charge is -2.15. The maximum Gasteiger partial charge on any atom is 0.330 e. The molecule has 0 spiro atoms. The van der Waals surface area contributed by atoms with Crippen molar-refractivity contribution in [3.8, 4) is 11.1 Å².